The van der Waals surface area contributed by atoms with Gasteiger partial charge in [-0.1, -0.05) is 36.4 Å². The Labute approximate surface area is 231 Å². The van der Waals surface area contributed by atoms with Crippen molar-refractivity contribution < 1.29 is 28.2 Å². The Kier molecular flexibility index (Phi) is 8.26. The summed E-state index contributed by atoms with van der Waals surface area (Å²) in [4.78, 5) is 29.1. The molecule has 3 aromatic rings. The van der Waals surface area contributed by atoms with Gasteiger partial charge in [0, 0.05) is 48.9 Å². The van der Waals surface area contributed by atoms with Crippen molar-refractivity contribution in [3.8, 4) is 17.2 Å². The van der Waals surface area contributed by atoms with Crippen molar-refractivity contribution in [3.05, 3.63) is 84.2 Å². The summed E-state index contributed by atoms with van der Waals surface area (Å²) in [7, 11) is 1.54. The molecule has 5 rings (SSSR count). The molecule has 0 spiro atoms. The van der Waals surface area contributed by atoms with Crippen LogP contribution in [0.1, 0.15) is 12.0 Å². The van der Waals surface area contributed by atoms with E-state index in [4.69, 9.17) is 14.2 Å². The van der Waals surface area contributed by atoms with Crippen LogP contribution in [0.2, 0.25) is 0 Å². The molecule has 1 fully saturated rings. The Morgan fingerprint density at radius 3 is 2.67 bits per heavy atom. The van der Waals surface area contributed by atoms with E-state index < -0.39 is 17.7 Å². The lowest BCUT2D eigenvalue weighted by Gasteiger charge is -2.28. The number of halogens is 1. The normalized spacial score (nSPS) is 18.4. The number of pyridine rings is 1. The van der Waals surface area contributed by atoms with Gasteiger partial charge in [0.2, 0.25) is 0 Å². The average molecular weight is 547 g/mol. The Hall–Kier alpha value is -4.44. The summed E-state index contributed by atoms with van der Waals surface area (Å²) >= 11 is 0. The van der Waals surface area contributed by atoms with Crippen molar-refractivity contribution in [2.45, 2.75) is 18.7 Å². The van der Waals surface area contributed by atoms with Crippen LogP contribution < -0.4 is 30.2 Å². The maximum atomic E-state index is 15.9. The molecule has 2 amide bonds. The average Bonchev–Trinajstić information content (AvgIpc) is 2.92. The third kappa shape index (κ3) is 6.58. The third-order valence-corrected chi connectivity index (χ3v) is 6.70. The van der Waals surface area contributed by atoms with Gasteiger partial charge in [-0.2, -0.15) is 4.39 Å². The first kappa shape index (κ1) is 27.1. The molecule has 9 nitrogen and oxygen atoms in total. The van der Waals surface area contributed by atoms with Crippen LogP contribution in [0, 0.1) is 5.92 Å². The quantitative estimate of drug-likeness (QED) is 0.335. The zero-order valence-electron chi connectivity index (χ0n) is 22.1. The van der Waals surface area contributed by atoms with Crippen LogP contribution in [0.15, 0.2) is 78.7 Å². The molecule has 1 atom stereocenters. The predicted molar refractivity (Wildman–Crippen MR) is 148 cm³/mol. The minimum Gasteiger partial charge on any atom is -0.493 e. The first-order chi connectivity index (χ1) is 19.4. The van der Waals surface area contributed by atoms with Gasteiger partial charge in [-0.15, -0.1) is 0 Å². The highest BCUT2D eigenvalue weighted by Gasteiger charge is 2.34. The molecule has 0 radical (unpaired) electrons. The molecule has 1 aromatic heterocycles. The van der Waals surface area contributed by atoms with Crippen LogP contribution in [0.4, 0.5) is 4.39 Å². The fourth-order valence-corrected chi connectivity index (χ4v) is 4.44. The van der Waals surface area contributed by atoms with Gasteiger partial charge in [0.15, 0.2) is 11.5 Å². The second-order valence-electron chi connectivity index (χ2n) is 9.73. The minimum absolute atomic E-state index is 0.213. The molecule has 40 heavy (non-hydrogen) atoms. The first-order valence-electron chi connectivity index (χ1n) is 13.1. The number of ether oxygens (including phenoxy) is 3. The molecule has 1 aliphatic heterocycles. The smallest absolute Gasteiger partial charge is 0.313 e. The molecule has 208 valence electrons. The Bertz CT molecular complexity index is 1440. The lowest BCUT2D eigenvalue weighted by Crippen LogP contribution is -2.45. The van der Waals surface area contributed by atoms with Crippen LogP contribution in [-0.2, 0) is 16.0 Å². The zero-order valence-corrected chi connectivity index (χ0v) is 22.1. The van der Waals surface area contributed by atoms with E-state index >= 15 is 4.39 Å². The molecule has 1 saturated heterocycles. The van der Waals surface area contributed by atoms with Crippen LogP contribution in [0.25, 0.3) is 10.9 Å². The number of carbonyl (C=O) groups excluding carboxylic acids is 2. The number of hydrogen-bond donors (Lipinski definition) is 3. The highest BCUT2D eigenvalue weighted by molar-refractivity contribution is 6.35. The number of benzene rings is 2. The minimum atomic E-state index is -2.27. The topological polar surface area (TPSA) is 111 Å². The molecule has 10 heteroatoms. The van der Waals surface area contributed by atoms with E-state index in [-0.39, 0.29) is 17.9 Å². The SMILES string of the molecule is COc1cc2c(OC3(F)C=CC=C(NC(=O)C(=O)NCCc4ccccc4)C3)ccnc2cc1OCC1CNC1. The fourth-order valence-electron chi connectivity index (χ4n) is 4.44. The van der Waals surface area contributed by atoms with Gasteiger partial charge in [-0.25, -0.2) is 0 Å². The van der Waals surface area contributed by atoms with Crippen molar-refractivity contribution in [1.29, 1.82) is 0 Å². The number of alkyl halides is 1. The van der Waals surface area contributed by atoms with Gasteiger partial charge in [-0.3, -0.25) is 14.6 Å². The van der Waals surface area contributed by atoms with Crippen LogP contribution in [0.3, 0.4) is 0 Å². The predicted octanol–water partition coefficient (Wildman–Crippen LogP) is 3.21. The van der Waals surface area contributed by atoms with Crippen molar-refractivity contribution in [3.63, 3.8) is 0 Å². The fraction of sp³-hybridized carbons (Fsp3) is 0.300. The largest absolute Gasteiger partial charge is 0.493 e. The van der Waals surface area contributed by atoms with Crippen molar-refractivity contribution in [2.75, 3.05) is 33.4 Å². The standard InChI is InChI=1S/C30H31FN4O5/c1-38-26-14-23-24(15-27(26)39-19-21-17-32-18-21)33-13-10-25(23)40-30(31)11-5-8-22(16-30)35-29(37)28(36)34-12-9-20-6-3-2-4-7-20/h2-8,10-11,13-15,21,32H,9,12,16-19H2,1H3,(H,34,36)(H,35,37). The maximum absolute atomic E-state index is 15.9. The van der Waals surface area contributed by atoms with Gasteiger partial charge >= 0.3 is 11.8 Å². The molecule has 3 N–H and O–H groups in total. The van der Waals surface area contributed by atoms with E-state index in [0.717, 1.165) is 18.7 Å². The van der Waals surface area contributed by atoms with E-state index in [9.17, 15) is 9.59 Å². The molecule has 2 aromatic carbocycles. The molecule has 0 saturated carbocycles. The van der Waals surface area contributed by atoms with Gasteiger partial charge in [0.05, 0.1) is 25.7 Å². The molecule has 2 aliphatic rings. The number of fused-ring (bicyclic) bond motifs is 1. The van der Waals surface area contributed by atoms with E-state index in [1.54, 1.807) is 18.2 Å². The monoisotopic (exact) mass is 546 g/mol. The summed E-state index contributed by atoms with van der Waals surface area (Å²) in [5.41, 5.74) is 1.81. The summed E-state index contributed by atoms with van der Waals surface area (Å²) < 4.78 is 33.2. The van der Waals surface area contributed by atoms with Crippen LogP contribution in [0.5, 0.6) is 17.2 Å². The number of methoxy groups -OCH3 is 1. The number of aromatic nitrogens is 1. The number of nitrogens with zero attached hydrogens (tertiary/aromatic N) is 1. The second kappa shape index (κ2) is 12.2. The van der Waals surface area contributed by atoms with Crippen LogP contribution >= 0.6 is 0 Å². The number of amides is 2. The molecule has 2 heterocycles. The summed E-state index contributed by atoms with van der Waals surface area (Å²) in [6, 6.07) is 14.6. The van der Waals surface area contributed by atoms with Crippen molar-refractivity contribution >= 4 is 22.7 Å². The third-order valence-electron chi connectivity index (χ3n) is 6.70. The molecule has 0 bridgehead atoms. The molecule has 1 unspecified atom stereocenters. The maximum Gasteiger partial charge on any atom is 0.313 e. The lowest BCUT2D eigenvalue weighted by atomic mass is 10.1. The first-order valence-corrected chi connectivity index (χ1v) is 13.1. The van der Waals surface area contributed by atoms with E-state index in [1.165, 1.54) is 31.5 Å². The number of allylic oxidation sites excluding steroid dienone is 2. The number of rotatable bonds is 10. The number of carbonyl (C=O) groups is 2. The van der Waals surface area contributed by atoms with Gasteiger partial charge in [0.25, 0.3) is 5.85 Å². The van der Waals surface area contributed by atoms with Gasteiger partial charge < -0.3 is 30.2 Å². The van der Waals surface area contributed by atoms with Crippen molar-refractivity contribution in [1.82, 2.24) is 20.9 Å². The summed E-state index contributed by atoms with van der Waals surface area (Å²) in [6.45, 7) is 2.67. The van der Waals surface area contributed by atoms with E-state index in [1.807, 2.05) is 30.3 Å². The van der Waals surface area contributed by atoms with E-state index in [0.29, 0.717) is 47.9 Å². The lowest BCUT2D eigenvalue weighted by molar-refractivity contribution is -0.138. The Morgan fingerprint density at radius 1 is 1.10 bits per heavy atom. The highest BCUT2D eigenvalue weighted by Crippen LogP contribution is 2.38. The van der Waals surface area contributed by atoms with Crippen LogP contribution in [-0.4, -0.2) is 56.0 Å². The highest BCUT2D eigenvalue weighted by atomic mass is 19.2. The molecular formula is C30H31FN4O5. The zero-order chi connectivity index (χ0) is 28.0. The second-order valence-corrected chi connectivity index (χ2v) is 9.73. The van der Waals surface area contributed by atoms with Gasteiger partial charge in [-0.05, 0) is 36.3 Å². The summed E-state index contributed by atoms with van der Waals surface area (Å²) in [5.74, 6) is -2.22. The van der Waals surface area contributed by atoms with Crippen molar-refractivity contribution in [2.24, 2.45) is 5.92 Å². The van der Waals surface area contributed by atoms with E-state index in [2.05, 4.69) is 20.9 Å². The Morgan fingerprint density at radius 2 is 1.93 bits per heavy atom. The summed E-state index contributed by atoms with van der Waals surface area (Å²) in [5, 5.41) is 8.83. The Balaban J connectivity index is 1.21. The summed E-state index contributed by atoms with van der Waals surface area (Å²) in [6.07, 6.45) is 6.05. The number of nitrogens with one attached hydrogen (secondary N) is 3. The molecule has 1 aliphatic carbocycles. The van der Waals surface area contributed by atoms with Gasteiger partial charge in [0.1, 0.15) is 5.75 Å². The number of hydrogen-bond acceptors (Lipinski definition) is 7. The molecular weight excluding hydrogens is 515 g/mol.